The maximum atomic E-state index is 11.7. The lowest BCUT2D eigenvalue weighted by Crippen LogP contribution is -2.21. The number of cyclic esters (lactones) is 2. The van der Waals surface area contributed by atoms with E-state index in [1.54, 1.807) is 25.1 Å². The van der Waals surface area contributed by atoms with Crippen molar-refractivity contribution in [3.8, 4) is 0 Å². The van der Waals surface area contributed by atoms with Crippen LogP contribution in [0.25, 0.3) is 0 Å². The summed E-state index contributed by atoms with van der Waals surface area (Å²) in [5.41, 5.74) is 1.50. The zero-order chi connectivity index (χ0) is 15.6. The van der Waals surface area contributed by atoms with Crippen LogP contribution in [-0.4, -0.2) is 24.0 Å². The van der Waals surface area contributed by atoms with Crippen LogP contribution in [0.3, 0.4) is 0 Å². The van der Waals surface area contributed by atoms with Gasteiger partial charge in [-0.05, 0) is 25.0 Å². The molecule has 5 heteroatoms. The molecule has 0 amide bonds. The lowest BCUT2D eigenvalue weighted by atomic mass is 9.97. The van der Waals surface area contributed by atoms with Gasteiger partial charge in [-0.2, -0.15) is 0 Å². The SMILES string of the molecule is C=C(C)C(=O)OC(CC)Cc1cccc2c1C(=O)OC2=O. The smallest absolute Gasteiger partial charge is 0.347 e. The molecule has 0 saturated heterocycles. The van der Waals surface area contributed by atoms with Crippen molar-refractivity contribution in [2.75, 3.05) is 0 Å². The van der Waals surface area contributed by atoms with Crippen LogP contribution in [0.2, 0.25) is 0 Å². The number of benzene rings is 1. The van der Waals surface area contributed by atoms with Crippen molar-refractivity contribution in [1.29, 1.82) is 0 Å². The molecule has 0 N–H and O–H groups in total. The first-order valence-electron chi connectivity index (χ1n) is 6.69. The monoisotopic (exact) mass is 288 g/mol. The van der Waals surface area contributed by atoms with Crippen molar-refractivity contribution in [3.05, 3.63) is 47.0 Å². The molecule has 21 heavy (non-hydrogen) atoms. The average molecular weight is 288 g/mol. The zero-order valence-corrected chi connectivity index (χ0v) is 12.0. The maximum Gasteiger partial charge on any atom is 0.347 e. The number of carbonyl (C=O) groups is 3. The molecule has 0 fully saturated rings. The Labute approximate surface area is 122 Å². The summed E-state index contributed by atoms with van der Waals surface area (Å²) in [6.45, 7) is 6.99. The van der Waals surface area contributed by atoms with Crippen LogP contribution in [-0.2, 0) is 20.7 Å². The first kappa shape index (κ1) is 15.0. The molecular formula is C16H16O5. The molecule has 0 bridgehead atoms. The quantitative estimate of drug-likeness (QED) is 0.473. The van der Waals surface area contributed by atoms with Gasteiger partial charge < -0.3 is 9.47 Å². The normalized spacial score (nSPS) is 14.4. The van der Waals surface area contributed by atoms with Crippen molar-refractivity contribution >= 4 is 17.9 Å². The van der Waals surface area contributed by atoms with Gasteiger partial charge in [0, 0.05) is 12.0 Å². The van der Waals surface area contributed by atoms with Gasteiger partial charge in [-0.25, -0.2) is 14.4 Å². The van der Waals surface area contributed by atoms with E-state index >= 15 is 0 Å². The predicted molar refractivity (Wildman–Crippen MR) is 74.9 cm³/mol. The molecular weight excluding hydrogens is 272 g/mol. The van der Waals surface area contributed by atoms with Gasteiger partial charge in [-0.1, -0.05) is 25.6 Å². The fraction of sp³-hybridized carbons (Fsp3) is 0.312. The molecule has 0 saturated carbocycles. The van der Waals surface area contributed by atoms with Gasteiger partial charge >= 0.3 is 17.9 Å². The first-order valence-corrected chi connectivity index (χ1v) is 6.69. The molecule has 1 heterocycles. The molecule has 2 rings (SSSR count). The van der Waals surface area contributed by atoms with Crippen molar-refractivity contribution in [2.24, 2.45) is 0 Å². The van der Waals surface area contributed by atoms with Crippen LogP contribution in [0.1, 0.15) is 46.5 Å². The third-order valence-electron chi connectivity index (χ3n) is 3.29. The van der Waals surface area contributed by atoms with Crippen LogP contribution in [0.5, 0.6) is 0 Å². The minimum atomic E-state index is -0.647. The number of fused-ring (bicyclic) bond motifs is 1. The van der Waals surface area contributed by atoms with E-state index in [2.05, 4.69) is 11.3 Å². The molecule has 1 aliphatic heterocycles. The Balaban J connectivity index is 2.23. The van der Waals surface area contributed by atoms with Gasteiger partial charge in [0.2, 0.25) is 0 Å². The molecule has 1 atom stereocenters. The van der Waals surface area contributed by atoms with Crippen molar-refractivity contribution in [1.82, 2.24) is 0 Å². The Hall–Kier alpha value is -2.43. The number of carbonyl (C=O) groups excluding carboxylic acids is 3. The molecule has 1 unspecified atom stereocenters. The Morgan fingerprint density at radius 1 is 1.33 bits per heavy atom. The van der Waals surface area contributed by atoms with Gasteiger partial charge in [0.15, 0.2) is 0 Å². The summed E-state index contributed by atoms with van der Waals surface area (Å²) in [5, 5.41) is 0. The van der Waals surface area contributed by atoms with E-state index in [-0.39, 0.29) is 17.2 Å². The number of esters is 3. The fourth-order valence-electron chi connectivity index (χ4n) is 2.14. The second-order valence-corrected chi connectivity index (χ2v) is 4.94. The van der Waals surface area contributed by atoms with E-state index in [9.17, 15) is 14.4 Å². The van der Waals surface area contributed by atoms with E-state index < -0.39 is 17.9 Å². The van der Waals surface area contributed by atoms with Gasteiger partial charge in [-0.3, -0.25) is 0 Å². The number of hydrogen-bond donors (Lipinski definition) is 0. The molecule has 0 spiro atoms. The topological polar surface area (TPSA) is 69.7 Å². The number of hydrogen-bond acceptors (Lipinski definition) is 5. The summed E-state index contributed by atoms with van der Waals surface area (Å²) in [6, 6.07) is 4.96. The zero-order valence-electron chi connectivity index (χ0n) is 12.0. The maximum absolute atomic E-state index is 11.7. The third kappa shape index (κ3) is 3.02. The molecule has 1 aromatic rings. The summed E-state index contributed by atoms with van der Waals surface area (Å²) in [4.78, 5) is 34.8. The fourth-order valence-corrected chi connectivity index (χ4v) is 2.14. The molecule has 110 valence electrons. The van der Waals surface area contributed by atoms with Crippen molar-refractivity contribution in [2.45, 2.75) is 32.8 Å². The Morgan fingerprint density at radius 3 is 2.67 bits per heavy atom. The third-order valence-corrected chi connectivity index (χ3v) is 3.29. The number of rotatable bonds is 5. The molecule has 0 radical (unpaired) electrons. The van der Waals surface area contributed by atoms with Gasteiger partial charge in [0.25, 0.3) is 0 Å². The second-order valence-electron chi connectivity index (χ2n) is 4.94. The molecule has 0 aromatic heterocycles. The lowest BCUT2D eigenvalue weighted by Gasteiger charge is -2.17. The van der Waals surface area contributed by atoms with E-state index in [1.165, 1.54) is 0 Å². The van der Waals surface area contributed by atoms with Gasteiger partial charge in [-0.15, -0.1) is 0 Å². The van der Waals surface area contributed by atoms with Gasteiger partial charge in [0.05, 0.1) is 11.1 Å². The standard InChI is InChI=1S/C16H16O5/c1-4-11(20-14(17)9(2)3)8-10-6-5-7-12-13(10)16(19)21-15(12)18/h5-7,11H,2,4,8H2,1,3H3. The summed E-state index contributed by atoms with van der Waals surface area (Å²) in [7, 11) is 0. The highest BCUT2D eigenvalue weighted by Gasteiger charge is 2.32. The van der Waals surface area contributed by atoms with E-state index in [0.717, 1.165) is 0 Å². The lowest BCUT2D eigenvalue weighted by molar-refractivity contribution is -0.144. The first-order chi connectivity index (χ1) is 9.93. The Morgan fingerprint density at radius 2 is 2.05 bits per heavy atom. The molecule has 1 aliphatic rings. The van der Waals surface area contributed by atoms with Crippen molar-refractivity contribution < 1.29 is 23.9 Å². The molecule has 5 nitrogen and oxygen atoms in total. The van der Waals surface area contributed by atoms with Crippen LogP contribution >= 0.6 is 0 Å². The van der Waals surface area contributed by atoms with Crippen LogP contribution in [0, 0.1) is 0 Å². The van der Waals surface area contributed by atoms with Crippen molar-refractivity contribution in [3.63, 3.8) is 0 Å². The van der Waals surface area contributed by atoms with Crippen LogP contribution in [0.4, 0.5) is 0 Å². The average Bonchev–Trinajstić information content (AvgIpc) is 2.74. The largest absolute Gasteiger partial charge is 0.459 e. The number of ether oxygens (including phenoxy) is 2. The predicted octanol–water partition coefficient (Wildman–Crippen LogP) is 2.44. The highest BCUT2D eigenvalue weighted by atomic mass is 16.6. The van der Waals surface area contributed by atoms with Crippen LogP contribution < -0.4 is 0 Å². The summed E-state index contributed by atoms with van der Waals surface area (Å²) < 4.78 is 9.92. The van der Waals surface area contributed by atoms with Crippen LogP contribution in [0.15, 0.2) is 30.4 Å². The van der Waals surface area contributed by atoms with E-state index in [1.807, 2.05) is 6.92 Å². The van der Waals surface area contributed by atoms with Gasteiger partial charge in [0.1, 0.15) is 6.10 Å². The Kier molecular flexibility index (Phi) is 4.21. The van der Waals surface area contributed by atoms with E-state index in [4.69, 9.17) is 4.74 Å². The summed E-state index contributed by atoms with van der Waals surface area (Å²) >= 11 is 0. The molecule has 1 aromatic carbocycles. The Bertz CT molecular complexity index is 630. The molecule has 0 aliphatic carbocycles. The van der Waals surface area contributed by atoms with E-state index in [0.29, 0.717) is 24.0 Å². The minimum Gasteiger partial charge on any atom is -0.459 e. The highest BCUT2D eigenvalue weighted by molar-refractivity contribution is 6.15. The minimum absolute atomic E-state index is 0.263. The second kappa shape index (κ2) is 5.91. The highest BCUT2D eigenvalue weighted by Crippen LogP contribution is 2.25. The summed E-state index contributed by atoms with van der Waals surface area (Å²) in [5.74, 6) is -1.75. The summed E-state index contributed by atoms with van der Waals surface area (Å²) in [6.07, 6.45) is 0.552.